The standard InChI is InChI=1S/C25H32FN5O2/c1-3-27-22-13-21-20(14-29-22)24(17-5-4-12-32-15-17)30-31(21)18-6-8-19(9-7-18)33-25-23(26)16(2)10-11-28-25/h10-11,13-14,17-19H,3-9,12,15H2,1-2H3,(H,27,29). The van der Waals surface area contributed by atoms with E-state index in [9.17, 15) is 4.39 Å². The van der Waals surface area contributed by atoms with E-state index in [-0.39, 0.29) is 23.8 Å². The lowest BCUT2D eigenvalue weighted by atomic mass is 9.93. The molecule has 5 rings (SSSR count). The second kappa shape index (κ2) is 9.63. The Labute approximate surface area is 193 Å². The van der Waals surface area contributed by atoms with Crippen LogP contribution in [0.15, 0.2) is 24.5 Å². The van der Waals surface area contributed by atoms with E-state index in [4.69, 9.17) is 14.6 Å². The molecule has 0 radical (unpaired) electrons. The van der Waals surface area contributed by atoms with Crippen molar-refractivity contribution >= 4 is 16.7 Å². The van der Waals surface area contributed by atoms with Gasteiger partial charge in [0.2, 0.25) is 0 Å². The second-order valence-electron chi connectivity index (χ2n) is 9.16. The van der Waals surface area contributed by atoms with Gasteiger partial charge in [-0.05, 0) is 64.0 Å². The average Bonchev–Trinajstić information content (AvgIpc) is 3.22. The van der Waals surface area contributed by atoms with Crippen LogP contribution in [0.3, 0.4) is 0 Å². The van der Waals surface area contributed by atoms with Crippen LogP contribution in [0, 0.1) is 12.7 Å². The van der Waals surface area contributed by atoms with E-state index in [1.165, 1.54) is 0 Å². The van der Waals surface area contributed by atoms with Crippen molar-refractivity contribution in [1.82, 2.24) is 19.7 Å². The number of rotatable bonds is 6. The van der Waals surface area contributed by atoms with Crippen LogP contribution in [0.4, 0.5) is 10.2 Å². The van der Waals surface area contributed by atoms with Crippen molar-refractivity contribution < 1.29 is 13.9 Å². The average molecular weight is 454 g/mol. The summed E-state index contributed by atoms with van der Waals surface area (Å²) >= 11 is 0. The topological polar surface area (TPSA) is 74.1 Å². The molecule has 0 amide bonds. The van der Waals surface area contributed by atoms with Gasteiger partial charge in [-0.2, -0.15) is 5.10 Å². The molecule has 0 bridgehead atoms. The number of hydrogen-bond donors (Lipinski definition) is 1. The van der Waals surface area contributed by atoms with Crippen LogP contribution in [0.1, 0.15) is 68.7 Å². The molecule has 0 spiro atoms. The van der Waals surface area contributed by atoms with Crippen molar-refractivity contribution in [1.29, 1.82) is 0 Å². The van der Waals surface area contributed by atoms with Crippen molar-refractivity contribution in [3.8, 4) is 5.88 Å². The Kier molecular flexibility index (Phi) is 6.44. The Balaban J connectivity index is 1.37. The summed E-state index contributed by atoms with van der Waals surface area (Å²) in [5, 5.41) is 9.57. The van der Waals surface area contributed by atoms with E-state index in [1.54, 1.807) is 19.2 Å². The van der Waals surface area contributed by atoms with Gasteiger partial charge in [0.05, 0.1) is 23.9 Å². The number of anilines is 1. The molecule has 0 aromatic carbocycles. The monoisotopic (exact) mass is 453 g/mol. The zero-order chi connectivity index (χ0) is 22.8. The van der Waals surface area contributed by atoms with Gasteiger partial charge < -0.3 is 14.8 Å². The molecule has 8 heteroatoms. The number of nitrogens with one attached hydrogen (secondary N) is 1. The molecule has 3 aromatic heterocycles. The molecule has 1 saturated heterocycles. The zero-order valence-electron chi connectivity index (χ0n) is 19.4. The van der Waals surface area contributed by atoms with Gasteiger partial charge in [-0.25, -0.2) is 14.4 Å². The maximum atomic E-state index is 14.3. The van der Waals surface area contributed by atoms with Gasteiger partial charge >= 0.3 is 0 Å². The number of pyridine rings is 2. The smallest absolute Gasteiger partial charge is 0.250 e. The Morgan fingerprint density at radius 2 is 2.06 bits per heavy atom. The van der Waals surface area contributed by atoms with Gasteiger partial charge in [0.15, 0.2) is 5.82 Å². The van der Waals surface area contributed by atoms with Crippen molar-refractivity contribution in [2.24, 2.45) is 0 Å². The third kappa shape index (κ3) is 4.53. The SMILES string of the molecule is CCNc1cc2c(cn1)c(C1CCCOC1)nn2C1CCC(Oc2nccc(C)c2F)CC1. The van der Waals surface area contributed by atoms with Crippen molar-refractivity contribution in [2.45, 2.75) is 70.4 Å². The maximum Gasteiger partial charge on any atom is 0.250 e. The van der Waals surface area contributed by atoms with E-state index >= 15 is 0 Å². The Hall–Kier alpha value is -2.74. The zero-order valence-corrected chi connectivity index (χ0v) is 19.4. The van der Waals surface area contributed by atoms with Gasteiger partial charge in [-0.3, -0.25) is 4.68 Å². The summed E-state index contributed by atoms with van der Waals surface area (Å²) in [4.78, 5) is 8.71. The third-order valence-electron chi connectivity index (χ3n) is 6.84. The summed E-state index contributed by atoms with van der Waals surface area (Å²) < 4.78 is 28.2. The van der Waals surface area contributed by atoms with Gasteiger partial charge in [-0.15, -0.1) is 0 Å². The molecule has 4 heterocycles. The number of halogens is 1. The quantitative estimate of drug-likeness (QED) is 0.556. The van der Waals surface area contributed by atoms with Crippen LogP contribution in [-0.4, -0.2) is 45.6 Å². The van der Waals surface area contributed by atoms with Gasteiger partial charge in [0.25, 0.3) is 5.88 Å². The lowest BCUT2D eigenvalue weighted by molar-refractivity contribution is 0.0791. The van der Waals surface area contributed by atoms with E-state index in [0.29, 0.717) is 11.5 Å². The van der Waals surface area contributed by atoms with Crippen LogP contribution in [-0.2, 0) is 4.74 Å². The second-order valence-corrected chi connectivity index (χ2v) is 9.16. The molecular formula is C25H32FN5O2. The van der Waals surface area contributed by atoms with Crippen LogP contribution in [0.25, 0.3) is 10.9 Å². The van der Waals surface area contributed by atoms with Gasteiger partial charge in [0.1, 0.15) is 11.9 Å². The lowest BCUT2D eigenvalue weighted by Crippen LogP contribution is -2.27. The van der Waals surface area contributed by atoms with E-state index in [2.05, 4.69) is 33.0 Å². The normalized spacial score (nSPS) is 23.5. The highest BCUT2D eigenvalue weighted by atomic mass is 19.1. The minimum absolute atomic E-state index is 0.0305. The molecule has 2 fully saturated rings. The highest BCUT2D eigenvalue weighted by Gasteiger charge is 2.29. The van der Waals surface area contributed by atoms with Crippen LogP contribution in [0.2, 0.25) is 0 Å². The van der Waals surface area contributed by atoms with Gasteiger partial charge in [-0.1, -0.05) is 0 Å². The fourth-order valence-corrected chi connectivity index (χ4v) is 5.03. The molecule has 1 N–H and O–H groups in total. The van der Waals surface area contributed by atoms with E-state index in [1.807, 2.05) is 6.20 Å². The predicted octanol–water partition coefficient (Wildman–Crippen LogP) is 5.16. The van der Waals surface area contributed by atoms with Crippen molar-refractivity contribution in [3.05, 3.63) is 41.6 Å². The molecule has 2 aliphatic rings. The summed E-state index contributed by atoms with van der Waals surface area (Å²) in [6, 6.07) is 4.05. The Bertz CT molecular complexity index is 1100. The summed E-state index contributed by atoms with van der Waals surface area (Å²) in [6.45, 7) is 6.17. The highest BCUT2D eigenvalue weighted by molar-refractivity contribution is 5.84. The number of nitrogens with zero attached hydrogens (tertiary/aromatic N) is 4. The first-order chi connectivity index (χ1) is 16.1. The van der Waals surface area contributed by atoms with Crippen LogP contribution < -0.4 is 10.1 Å². The molecule has 1 atom stereocenters. The predicted molar refractivity (Wildman–Crippen MR) is 125 cm³/mol. The minimum atomic E-state index is -0.361. The molecule has 3 aromatic rings. The largest absolute Gasteiger partial charge is 0.472 e. The molecule has 33 heavy (non-hydrogen) atoms. The molecular weight excluding hydrogens is 421 g/mol. The highest BCUT2D eigenvalue weighted by Crippen LogP contribution is 2.37. The van der Waals surface area contributed by atoms with E-state index < -0.39 is 0 Å². The summed E-state index contributed by atoms with van der Waals surface area (Å²) in [5.74, 6) is 0.935. The third-order valence-corrected chi connectivity index (χ3v) is 6.84. The van der Waals surface area contributed by atoms with Crippen molar-refractivity contribution in [2.75, 3.05) is 25.1 Å². The number of fused-ring (bicyclic) bond motifs is 1. The van der Waals surface area contributed by atoms with Crippen LogP contribution in [0.5, 0.6) is 5.88 Å². The number of ether oxygens (including phenoxy) is 2. The minimum Gasteiger partial charge on any atom is -0.472 e. The first kappa shape index (κ1) is 22.1. The fourth-order valence-electron chi connectivity index (χ4n) is 5.03. The summed E-state index contributed by atoms with van der Waals surface area (Å²) in [7, 11) is 0. The lowest BCUT2D eigenvalue weighted by Gasteiger charge is -2.29. The molecule has 1 aliphatic carbocycles. The first-order valence-electron chi connectivity index (χ1n) is 12.1. The van der Waals surface area contributed by atoms with E-state index in [0.717, 1.165) is 80.7 Å². The molecule has 1 aliphatic heterocycles. The molecule has 176 valence electrons. The van der Waals surface area contributed by atoms with Gasteiger partial charge in [0, 0.05) is 42.9 Å². The molecule has 1 unspecified atom stereocenters. The fraction of sp³-hybridized carbons (Fsp3) is 0.560. The number of hydrogen-bond acceptors (Lipinski definition) is 6. The van der Waals surface area contributed by atoms with Crippen LogP contribution >= 0.6 is 0 Å². The molecule has 1 saturated carbocycles. The Morgan fingerprint density at radius 3 is 2.82 bits per heavy atom. The molecule has 7 nitrogen and oxygen atoms in total. The Morgan fingerprint density at radius 1 is 1.21 bits per heavy atom. The summed E-state index contributed by atoms with van der Waals surface area (Å²) in [5.41, 5.74) is 2.78. The number of aromatic nitrogens is 4. The summed E-state index contributed by atoms with van der Waals surface area (Å²) in [6.07, 6.45) is 9.22. The van der Waals surface area contributed by atoms with Crippen molar-refractivity contribution in [3.63, 3.8) is 0 Å². The maximum absolute atomic E-state index is 14.3. The number of aryl methyl sites for hydroxylation is 1. The first-order valence-corrected chi connectivity index (χ1v) is 12.1.